The van der Waals surface area contributed by atoms with Gasteiger partial charge in [-0.3, -0.25) is 14.5 Å². The molecule has 3 aromatic carbocycles. The van der Waals surface area contributed by atoms with Crippen molar-refractivity contribution in [2.45, 2.75) is 69.7 Å². The number of rotatable bonds is 10. The van der Waals surface area contributed by atoms with Crippen LogP contribution in [0.4, 0.5) is 10.7 Å². The molecule has 2 aliphatic heterocycles. The molecule has 3 aliphatic rings. The van der Waals surface area contributed by atoms with Gasteiger partial charge in [0.2, 0.25) is 11.9 Å². The van der Waals surface area contributed by atoms with Gasteiger partial charge in [-0.25, -0.2) is 14.8 Å². The molecule has 11 heteroatoms. The van der Waals surface area contributed by atoms with E-state index in [1.165, 1.54) is 4.90 Å². The van der Waals surface area contributed by atoms with Crippen molar-refractivity contribution in [1.29, 1.82) is 0 Å². The van der Waals surface area contributed by atoms with Gasteiger partial charge in [-0.2, -0.15) is 0 Å². The lowest BCUT2D eigenvalue weighted by Crippen LogP contribution is -2.69. The summed E-state index contributed by atoms with van der Waals surface area (Å²) >= 11 is 0. The number of carbonyl (C=O) groups is 3. The zero-order chi connectivity index (χ0) is 34.3. The van der Waals surface area contributed by atoms with E-state index in [9.17, 15) is 14.4 Å². The molecule has 49 heavy (non-hydrogen) atoms. The highest BCUT2D eigenvalue weighted by Gasteiger charge is 2.43. The van der Waals surface area contributed by atoms with Crippen molar-refractivity contribution in [3.05, 3.63) is 113 Å². The zero-order valence-corrected chi connectivity index (χ0v) is 27.8. The minimum absolute atomic E-state index is 0.0456. The monoisotopic (exact) mass is 661 g/mol. The molecular formula is C38H39N5O6. The third-order valence-electron chi connectivity index (χ3n) is 9.83. The number of ether oxygens (including phenoxy) is 2. The maximum Gasteiger partial charge on any atom is 0.405 e. The van der Waals surface area contributed by atoms with E-state index in [-0.39, 0.29) is 42.4 Å². The molecule has 2 N–H and O–H groups in total. The summed E-state index contributed by atoms with van der Waals surface area (Å²) in [6, 6.07) is 25.2. The second-order valence-corrected chi connectivity index (χ2v) is 13.9. The Hall–Kier alpha value is -5.45. The summed E-state index contributed by atoms with van der Waals surface area (Å²) in [6.45, 7) is 7.48. The standard InChI is InChI=1S/C38H39N5O6/c1-37(2,25-8-12-29(13-9-25)48-21-27-16-17-39-35(40-27)42-22-38(3,23-42)41-36(46)47)26-10-14-30(15-11-26)49-31-19-28(20-31)43-33(44)18-24-6-4-5-7-32(24)34(43)45/h4-17,28,31,41H,18-23H2,1-3H3,(H,46,47)/t28-,31+. The smallest absolute Gasteiger partial charge is 0.405 e. The van der Waals surface area contributed by atoms with Gasteiger partial charge in [-0.05, 0) is 60.0 Å². The summed E-state index contributed by atoms with van der Waals surface area (Å²) < 4.78 is 12.2. The van der Waals surface area contributed by atoms with Crippen LogP contribution in [0.5, 0.6) is 11.5 Å². The van der Waals surface area contributed by atoms with Crippen LogP contribution < -0.4 is 19.7 Å². The van der Waals surface area contributed by atoms with Crippen molar-refractivity contribution >= 4 is 23.9 Å². The lowest BCUT2D eigenvalue weighted by atomic mass is 9.78. The number of carbonyl (C=O) groups excluding carboxylic acids is 2. The second kappa shape index (κ2) is 12.5. The average molecular weight is 662 g/mol. The van der Waals surface area contributed by atoms with Crippen LogP contribution in [0.25, 0.3) is 0 Å². The first-order valence-corrected chi connectivity index (χ1v) is 16.5. The maximum absolute atomic E-state index is 13.0. The number of carboxylic acid groups (broad SMARTS) is 1. The van der Waals surface area contributed by atoms with Crippen LogP contribution in [0.15, 0.2) is 85.1 Å². The van der Waals surface area contributed by atoms with Gasteiger partial charge < -0.3 is 24.8 Å². The quantitative estimate of drug-likeness (QED) is 0.215. The number of aromatic nitrogens is 2. The van der Waals surface area contributed by atoms with Crippen LogP contribution in [0.2, 0.25) is 0 Å². The predicted octanol–water partition coefficient (Wildman–Crippen LogP) is 5.36. The van der Waals surface area contributed by atoms with E-state index in [0.29, 0.717) is 37.4 Å². The molecule has 252 valence electrons. The van der Waals surface area contributed by atoms with Crippen LogP contribution in [0, 0.1) is 0 Å². The first-order valence-electron chi connectivity index (χ1n) is 16.5. The Labute approximate surface area is 284 Å². The summed E-state index contributed by atoms with van der Waals surface area (Å²) in [5, 5.41) is 11.6. The Morgan fingerprint density at radius 2 is 1.61 bits per heavy atom. The summed E-state index contributed by atoms with van der Waals surface area (Å²) in [6.07, 6.45) is 2.12. The fraction of sp³-hybridized carbons (Fsp3) is 0.342. The number of nitrogens with zero attached hydrogens (tertiary/aromatic N) is 4. The highest BCUT2D eigenvalue weighted by Crippen LogP contribution is 2.36. The largest absolute Gasteiger partial charge is 0.490 e. The molecule has 11 nitrogen and oxygen atoms in total. The van der Waals surface area contributed by atoms with E-state index in [2.05, 4.69) is 53.4 Å². The predicted molar refractivity (Wildman–Crippen MR) is 182 cm³/mol. The fourth-order valence-corrected chi connectivity index (χ4v) is 6.92. The number of hydrogen-bond donors (Lipinski definition) is 2. The van der Waals surface area contributed by atoms with Crippen LogP contribution >= 0.6 is 0 Å². The summed E-state index contributed by atoms with van der Waals surface area (Å²) in [7, 11) is 0. The third-order valence-corrected chi connectivity index (χ3v) is 9.83. The molecule has 0 unspecified atom stereocenters. The number of nitrogens with one attached hydrogen (secondary N) is 1. The van der Waals surface area contributed by atoms with Gasteiger partial charge in [-0.1, -0.05) is 56.3 Å². The Morgan fingerprint density at radius 3 is 2.29 bits per heavy atom. The number of anilines is 1. The molecule has 4 aromatic rings. The van der Waals surface area contributed by atoms with Crippen LogP contribution in [-0.4, -0.2) is 68.7 Å². The van der Waals surface area contributed by atoms with Crippen molar-refractivity contribution in [3.63, 3.8) is 0 Å². The highest BCUT2D eigenvalue weighted by molar-refractivity contribution is 6.10. The minimum Gasteiger partial charge on any atom is -0.490 e. The van der Waals surface area contributed by atoms with E-state index in [1.54, 1.807) is 12.3 Å². The molecule has 0 bridgehead atoms. The Bertz CT molecular complexity index is 1880. The highest BCUT2D eigenvalue weighted by atomic mass is 16.5. The van der Waals surface area contributed by atoms with Gasteiger partial charge in [0.05, 0.1) is 17.7 Å². The molecule has 1 saturated heterocycles. The van der Waals surface area contributed by atoms with Gasteiger partial charge >= 0.3 is 6.09 Å². The molecule has 1 aromatic heterocycles. The number of hydrogen-bond acceptors (Lipinski definition) is 8. The summed E-state index contributed by atoms with van der Waals surface area (Å²) in [4.78, 5) is 49.1. The molecular weight excluding hydrogens is 622 g/mol. The molecule has 0 spiro atoms. The number of benzene rings is 3. The molecule has 1 aliphatic carbocycles. The van der Waals surface area contributed by atoms with E-state index >= 15 is 0 Å². The van der Waals surface area contributed by atoms with Crippen molar-refractivity contribution in [2.75, 3.05) is 18.0 Å². The van der Waals surface area contributed by atoms with Crippen molar-refractivity contribution in [2.24, 2.45) is 0 Å². The van der Waals surface area contributed by atoms with E-state index in [1.807, 2.05) is 60.4 Å². The van der Waals surface area contributed by atoms with E-state index in [0.717, 1.165) is 33.9 Å². The van der Waals surface area contributed by atoms with Gasteiger partial charge in [0.1, 0.15) is 24.2 Å². The van der Waals surface area contributed by atoms with Crippen molar-refractivity contribution in [1.82, 2.24) is 20.2 Å². The molecule has 7 rings (SSSR count). The van der Waals surface area contributed by atoms with Gasteiger partial charge in [-0.15, -0.1) is 0 Å². The Kier molecular flexibility index (Phi) is 8.22. The van der Waals surface area contributed by atoms with Crippen LogP contribution in [-0.2, 0) is 23.2 Å². The van der Waals surface area contributed by atoms with Crippen molar-refractivity contribution < 1.29 is 29.0 Å². The molecule has 0 atom stereocenters. The van der Waals surface area contributed by atoms with E-state index in [4.69, 9.17) is 14.6 Å². The lowest BCUT2D eigenvalue weighted by Gasteiger charge is -2.47. The van der Waals surface area contributed by atoms with Gasteiger partial charge in [0.25, 0.3) is 5.91 Å². The van der Waals surface area contributed by atoms with Gasteiger partial charge in [0, 0.05) is 49.1 Å². The number of imide groups is 1. The molecule has 3 heterocycles. The lowest BCUT2D eigenvalue weighted by molar-refractivity contribution is -0.133. The van der Waals surface area contributed by atoms with Crippen molar-refractivity contribution in [3.8, 4) is 11.5 Å². The number of fused-ring (bicyclic) bond motifs is 1. The first-order chi connectivity index (χ1) is 23.5. The normalized spacial score (nSPS) is 19.7. The first kappa shape index (κ1) is 32.1. The van der Waals surface area contributed by atoms with E-state index < -0.39 is 11.6 Å². The second-order valence-electron chi connectivity index (χ2n) is 13.9. The fourth-order valence-electron chi connectivity index (χ4n) is 6.92. The molecule has 3 amide bonds. The third kappa shape index (κ3) is 6.53. The molecule has 2 fully saturated rings. The molecule has 0 radical (unpaired) electrons. The molecule has 1 saturated carbocycles. The zero-order valence-electron chi connectivity index (χ0n) is 27.8. The van der Waals surface area contributed by atoms with Crippen LogP contribution in [0.3, 0.4) is 0 Å². The Morgan fingerprint density at radius 1 is 0.959 bits per heavy atom. The summed E-state index contributed by atoms with van der Waals surface area (Å²) in [5.74, 6) is 1.70. The van der Waals surface area contributed by atoms with Crippen LogP contribution in [0.1, 0.15) is 66.4 Å². The summed E-state index contributed by atoms with van der Waals surface area (Å²) in [5.41, 5.74) is 3.63. The number of amides is 3. The van der Waals surface area contributed by atoms with Gasteiger partial charge in [0.15, 0.2) is 0 Å². The Balaban J connectivity index is 0.905. The minimum atomic E-state index is -1.04. The maximum atomic E-state index is 13.0. The average Bonchev–Trinajstić information content (AvgIpc) is 3.05. The topological polar surface area (TPSA) is 134 Å². The SMILES string of the molecule is CC1(NC(=O)O)CN(c2nccc(COc3ccc(C(C)(C)c4ccc(O[C@H]5C[C@@H](N6C(=O)Cc7ccccc7C6=O)C5)cc4)cc3)n2)C1.